The summed E-state index contributed by atoms with van der Waals surface area (Å²) in [6, 6.07) is 1.87. The van der Waals surface area contributed by atoms with Crippen molar-refractivity contribution in [3.8, 4) is 11.5 Å². The average molecular weight is 356 g/mol. The summed E-state index contributed by atoms with van der Waals surface area (Å²) >= 11 is 0. The Morgan fingerprint density at radius 3 is 2.65 bits per heavy atom. The Hall–Kier alpha value is -2.30. The highest BCUT2D eigenvalue weighted by molar-refractivity contribution is 5.93. The summed E-state index contributed by atoms with van der Waals surface area (Å²) in [7, 11) is 0. The molecule has 0 radical (unpaired) electrons. The van der Waals surface area contributed by atoms with Gasteiger partial charge >= 0.3 is 5.63 Å². The molecule has 0 saturated heterocycles. The van der Waals surface area contributed by atoms with Gasteiger partial charge in [-0.3, -0.25) is 4.79 Å². The van der Waals surface area contributed by atoms with Crippen LogP contribution >= 0.6 is 0 Å². The van der Waals surface area contributed by atoms with Gasteiger partial charge in [0.05, 0.1) is 5.39 Å². The molecule has 1 aromatic carbocycles. The van der Waals surface area contributed by atoms with Gasteiger partial charge in [-0.05, 0) is 65.4 Å². The molecule has 5 nitrogen and oxygen atoms in total. The first-order chi connectivity index (χ1) is 12.3. The molecular weight excluding hydrogens is 332 g/mol. The third kappa shape index (κ3) is 2.70. The van der Waals surface area contributed by atoms with Crippen molar-refractivity contribution in [2.45, 2.75) is 71.5 Å². The Morgan fingerprint density at radius 1 is 1.19 bits per heavy atom. The largest absolute Gasteiger partial charge is 0.487 e. The van der Waals surface area contributed by atoms with E-state index in [2.05, 4.69) is 0 Å². The van der Waals surface area contributed by atoms with Crippen molar-refractivity contribution in [3.63, 3.8) is 0 Å². The van der Waals surface area contributed by atoms with Crippen LogP contribution in [0.5, 0.6) is 11.5 Å². The fourth-order valence-corrected chi connectivity index (χ4v) is 3.92. The lowest BCUT2D eigenvalue weighted by molar-refractivity contribution is -0.122. The van der Waals surface area contributed by atoms with E-state index >= 15 is 0 Å². The minimum absolute atomic E-state index is 0.0499. The van der Waals surface area contributed by atoms with Gasteiger partial charge in [-0.25, -0.2) is 4.79 Å². The number of ether oxygens (including phenoxy) is 2. The second-order valence-corrected chi connectivity index (χ2v) is 7.99. The van der Waals surface area contributed by atoms with Gasteiger partial charge in [-0.15, -0.1) is 0 Å². The van der Waals surface area contributed by atoms with E-state index in [1.807, 2.05) is 19.9 Å². The second kappa shape index (κ2) is 5.86. The minimum Gasteiger partial charge on any atom is -0.487 e. The molecule has 2 aromatic rings. The quantitative estimate of drug-likeness (QED) is 0.784. The summed E-state index contributed by atoms with van der Waals surface area (Å²) < 4.78 is 17.9. The molecule has 0 N–H and O–H groups in total. The number of fused-ring (bicyclic) bond motifs is 5. The topological polar surface area (TPSA) is 65.7 Å². The molecule has 1 unspecified atom stereocenters. The predicted molar refractivity (Wildman–Crippen MR) is 98.3 cm³/mol. The Bertz CT molecular complexity index is 967. The number of Topliss-reactive ketones (excluding diaryl/α,β-unsaturated/α-hetero) is 1. The number of rotatable bonds is 3. The van der Waals surface area contributed by atoms with Crippen LogP contribution in [0.15, 0.2) is 15.3 Å². The molecule has 1 atom stereocenters. The van der Waals surface area contributed by atoms with E-state index in [9.17, 15) is 9.59 Å². The Morgan fingerprint density at radius 2 is 1.92 bits per heavy atom. The van der Waals surface area contributed by atoms with Crippen LogP contribution < -0.4 is 15.1 Å². The molecular formula is C21H24O5. The lowest BCUT2D eigenvalue weighted by Gasteiger charge is -2.33. The first-order valence-electron chi connectivity index (χ1n) is 9.27. The lowest BCUT2D eigenvalue weighted by Crippen LogP contribution is -2.33. The second-order valence-electron chi connectivity index (χ2n) is 7.99. The summed E-state index contributed by atoms with van der Waals surface area (Å²) in [5.41, 5.74) is 2.70. The molecule has 0 spiro atoms. The van der Waals surface area contributed by atoms with Crippen LogP contribution in [0.4, 0.5) is 0 Å². The molecule has 26 heavy (non-hydrogen) atoms. The fraction of sp³-hybridized carbons (Fsp3) is 0.524. The highest BCUT2D eigenvalue weighted by atomic mass is 16.5. The van der Waals surface area contributed by atoms with Crippen molar-refractivity contribution in [1.29, 1.82) is 0 Å². The van der Waals surface area contributed by atoms with E-state index < -0.39 is 6.10 Å². The van der Waals surface area contributed by atoms with Crippen LogP contribution in [0, 0.1) is 0 Å². The van der Waals surface area contributed by atoms with Gasteiger partial charge in [0.15, 0.2) is 11.9 Å². The fourth-order valence-electron chi connectivity index (χ4n) is 3.92. The molecule has 2 aliphatic rings. The molecule has 1 aliphatic carbocycles. The van der Waals surface area contributed by atoms with Crippen LogP contribution in [0.1, 0.15) is 57.2 Å². The molecule has 138 valence electrons. The summed E-state index contributed by atoms with van der Waals surface area (Å²) in [5, 5.41) is 0.840. The number of hydrogen-bond acceptors (Lipinski definition) is 5. The predicted octanol–water partition coefficient (Wildman–Crippen LogP) is 3.74. The SMILES string of the molecule is CC(=O)C(C)Oc1cc2c(c3oc(=O)c4c(c13)CCC4)CCC(C)(C)O2. The Labute approximate surface area is 152 Å². The van der Waals surface area contributed by atoms with Gasteiger partial charge in [-0.1, -0.05) is 0 Å². The maximum Gasteiger partial charge on any atom is 0.339 e. The molecule has 5 heteroatoms. The van der Waals surface area contributed by atoms with Gasteiger partial charge in [0.1, 0.15) is 22.7 Å². The summed E-state index contributed by atoms with van der Waals surface area (Å²) in [6.45, 7) is 7.32. The molecule has 2 heterocycles. The van der Waals surface area contributed by atoms with Crippen molar-refractivity contribution in [2.75, 3.05) is 0 Å². The van der Waals surface area contributed by atoms with E-state index in [0.717, 1.165) is 54.2 Å². The first kappa shape index (κ1) is 17.1. The van der Waals surface area contributed by atoms with E-state index in [1.54, 1.807) is 6.92 Å². The van der Waals surface area contributed by atoms with Gasteiger partial charge in [0.2, 0.25) is 0 Å². The number of ketones is 1. The average Bonchev–Trinajstić information content (AvgIpc) is 3.03. The van der Waals surface area contributed by atoms with E-state index in [1.165, 1.54) is 6.92 Å². The van der Waals surface area contributed by atoms with Crippen molar-refractivity contribution >= 4 is 16.8 Å². The van der Waals surface area contributed by atoms with Crippen LogP contribution in [0.2, 0.25) is 0 Å². The van der Waals surface area contributed by atoms with Gasteiger partial charge < -0.3 is 13.9 Å². The molecule has 1 aliphatic heterocycles. The lowest BCUT2D eigenvalue weighted by atomic mass is 9.91. The zero-order valence-corrected chi connectivity index (χ0v) is 15.7. The Kier molecular flexibility index (Phi) is 3.86. The maximum absolute atomic E-state index is 12.5. The smallest absolute Gasteiger partial charge is 0.339 e. The monoisotopic (exact) mass is 356 g/mol. The van der Waals surface area contributed by atoms with E-state index in [0.29, 0.717) is 17.1 Å². The van der Waals surface area contributed by atoms with Gasteiger partial charge in [-0.2, -0.15) is 0 Å². The van der Waals surface area contributed by atoms with Crippen LogP contribution in [-0.4, -0.2) is 17.5 Å². The van der Waals surface area contributed by atoms with Crippen molar-refractivity contribution in [2.24, 2.45) is 0 Å². The summed E-state index contributed by atoms with van der Waals surface area (Å²) in [5.74, 6) is 1.20. The summed E-state index contributed by atoms with van der Waals surface area (Å²) in [6.07, 6.45) is 3.55. The van der Waals surface area contributed by atoms with Crippen LogP contribution in [0.3, 0.4) is 0 Å². The summed E-state index contributed by atoms with van der Waals surface area (Å²) in [4.78, 5) is 24.2. The molecule has 1 aromatic heterocycles. The number of carbonyl (C=O) groups is 1. The molecule has 0 saturated carbocycles. The number of benzene rings is 1. The molecule has 0 fully saturated rings. The number of carbonyl (C=O) groups excluding carboxylic acids is 1. The zero-order chi connectivity index (χ0) is 18.6. The van der Waals surface area contributed by atoms with Crippen molar-refractivity contribution in [3.05, 3.63) is 33.2 Å². The number of hydrogen-bond donors (Lipinski definition) is 0. The third-order valence-corrected chi connectivity index (χ3v) is 5.51. The minimum atomic E-state index is -0.572. The maximum atomic E-state index is 12.5. The first-order valence-corrected chi connectivity index (χ1v) is 9.27. The highest BCUT2D eigenvalue weighted by Crippen LogP contribution is 2.44. The van der Waals surface area contributed by atoms with Gasteiger partial charge in [0.25, 0.3) is 0 Å². The number of aryl methyl sites for hydroxylation is 2. The van der Waals surface area contributed by atoms with E-state index in [4.69, 9.17) is 13.9 Å². The third-order valence-electron chi connectivity index (χ3n) is 5.51. The standard InChI is InChI=1S/C21H24O5/c1-11(22)12(2)24-17-10-16-15(8-9-21(3,4)26-16)19-18(17)13-6-5-7-14(13)20(23)25-19/h10,12H,5-9H2,1-4H3. The highest BCUT2D eigenvalue weighted by Gasteiger charge is 2.32. The Balaban J connectivity index is 2.00. The van der Waals surface area contributed by atoms with Crippen molar-refractivity contribution in [1.82, 2.24) is 0 Å². The zero-order valence-electron chi connectivity index (χ0n) is 15.7. The van der Waals surface area contributed by atoms with Gasteiger partial charge in [0, 0.05) is 17.2 Å². The van der Waals surface area contributed by atoms with Crippen LogP contribution in [-0.2, 0) is 24.1 Å². The van der Waals surface area contributed by atoms with Crippen LogP contribution in [0.25, 0.3) is 11.0 Å². The molecule has 0 bridgehead atoms. The van der Waals surface area contributed by atoms with E-state index in [-0.39, 0.29) is 17.0 Å². The normalized spacial score (nSPS) is 18.8. The van der Waals surface area contributed by atoms with Crippen molar-refractivity contribution < 1.29 is 18.7 Å². The molecule has 0 amide bonds. The molecule has 4 rings (SSSR count).